The monoisotopic (exact) mass is 233 g/mol. The SMILES string of the molecule is CSc1ccc(-c2cc(CN)n(C)n2)cc1. The number of nitrogens with two attached hydrogens (primary N) is 1. The summed E-state index contributed by atoms with van der Waals surface area (Å²) in [6, 6.07) is 10.4. The second-order valence-electron chi connectivity index (χ2n) is 3.58. The van der Waals surface area contributed by atoms with Crippen molar-refractivity contribution < 1.29 is 0 Å². The third-order valence-electron chi connectivity index (χ3n) is 2.57. The van der Waals surface area contributed by atoms with Gasteiger partial charge in [-0.05, 0) is 24.5 Å². The van der Waals surface area contributed by atoms with Crippen LogP contribution in [0.2, 0.25) is 0 Å². The minimum absolute atomic E-state index is 0.520. The van der Waals surface area contributed by atoms with Gasteiger partial charge in [0.1, 0.15) is 0 Å². The average molecular weight is 233 g/mol. The van der Waals surface area contributed by atoms with E-state index in [0.29, 0.717) is 6.54 Å². The molecule has 0 unspecified atom stereocenters. The number of nitrogens with zero attached hydrogens (tertiary/aromatic N) is 2. The molecule has 0 bridgehead atoms. The molecule has 0 aliphatic rings. The van der Waals surface area contributed by atoms with Gasteiger partial charge in [0.25, 0.3) is 0 Å². The Morgan fingerprint density at radius 1 is 1.31 bits per heavy atom. The van der Waals surface area contributed by atoms with Crippen molar-refractivity contribution in [1.29, 1.82) is 0 Å². The van der Waals surface area contributed by atoms with Crippen molar-refractivity contribution in [3.8, 4) is 11.3 Å². The molecular formula is C12H15N3S. The lowest BCUT2D eigenvalue weighted by molar-refractivity contribution is 0.714. The molecular weight excluding hydrogens is 218 g/mol. The Kier molecular flexibility index (Phi) is 3.31. The molecule has 84 valence electrons. The summed E-state index contributed by atoms with van der Waals surface area (Å²) in [6.45, 7) is 0.520. The Balaban J connectivity index is 2.34. The second-order valence-corrected chi connectivity index (χ2v) is 4.46. The molecule has 16 heavy (non-hydrogen) atoms. The largest absolute Gasteiger partial charge is 0.325 e. The summed E-state index contributed by atoms with van der Waals surface area (Å²) in [4.78, 5) is 1.26. The van der Waals surface area contributed by atoms with E-state index < -0.39 is 0 Å². The summed E-state index contributed by atoms with van der Waals surface area (Å²) in [5.74, 6) is 0. The Hall–Kier alpha value is -1.26. The van der Waals surface area contributed by atoms with Crippen molar-refractivity contribution in [3.63, 3.8) is 0 Å². The average Bonchev–Trinajstić information content (AvgIpc) is 2.71. The van der Waals surface area contributed by atoms with Crippen LogP contribution in [0.4, 0.5) is 0 Å². The first-order valence-corrected chi connectivity index (χ1v) is 6.34. The Labute approximate surface area is 99.7 Å². The Morgan fingerprint density at radius 3 is 2.50 bits per heavy atom. The van der Waals surface area contributed by atoms with E-state index in [1.807, 2.05) is 17.8 Å². The summed E-state index contributed by atoms with van der Waals surface area (Å²) in [7, 11) is 1.92. The number of hydrogen-bond donors (Lipinski definition) is 1. The summed E-state index contributed by atoms with van der Waals surface area (Å²) >= 11 is 1.74. The van der Waals surface area contributed by atoms with Crippen molar-refractivity contribution in [3.05, 3.63) is 36.0 Å². The van der Waals surface area contributed by atoms with Crippen molar-refractivity contribution in [2.45, 2.75) is 11.4 Å². The van der Waals surface area contributed by atoms with Crippen LogP contribution in [0.25, 0.3) is 11.3 Å². The van der Waals surface area contributed by atoms with Crippen LogP contribution in [0.15, 0.2) is 35.2 Å². The van der Waals surface area contributed by atoms with Crippen molar-refractivity contribution in [2.24, 2.45) is 12.8 Å². The summed E-state index contributed by atoms with van der Waals surface area (Å²) in [5.41, 5.74) is 8.78. The highest BCUT2D eigenvalue weighted by atomic mass is 32.2. The predicted molar refractivity (Wildman–Crippen MR) is 68.3 cm³/mol. The van der Waals surface area contributed by atoms with Crippen LogP contribution in [0.1, 0.15) is 5.69 Å². The lowest BCUT2D eigenvalue weighted by Gasteiger charge is -1.98. The van der Waals surface area contributed by atoms with Gasteiger partial charge < -0.3 is 5.73 Å². The molecule has 0 atom stereocenters. The van der Waals surface area contributed by atoms with Gasteiger partial charge in [0.2, 0.25) is 0 Å². The third kappa shape index (κ3) is 2.13. The highest BCUT2D eigenvalue weighted by Crippen LogP contribution is 2.22. The molecule has 4 heteroatoms. The molecule has 0 fully saturated rings. The zero-order valence-corrected chi connectivity index (χ0v) is 10.3. The van der Waals surface area contributed by atoms with E-state index in [0.717, 1.165) is 17.0 Å². The number of hydrogen-bond acceptors (Lipinski definition) is 3. The normalized spacial score (nSPS) is 10.7. The highest BCUT2D eigenvalue weighted by molar-refractivity contribution is 7.98. The minimum atomic E-state index is 0.520. The van der Waals surface area contributed by atoms with Crippen molar-refractivity contribution >= 4 is 11.8 Å². The number of aryl methyl sites for hydroxylation is 1. The molecule has 0 saturated carbocycles. The van der Waals surface area contributed by atoms with Gasteiger partial charge in [0.15, 0.2) is 0 Å². The summed E-state index contributed by atoms with van der Waals surface area (Å²) in [5, 5.41) is 4.44. The standard InChI is InChI=1S/C12H15N3S/c1-15-10(8-13)7-12(14-15)9-3-5-11(16-2)6-4-9/h3-7H,8,13H2,1-2H3. The molecule has 2 N–H and O–H groups in total. The first kappa shape index (κ1) is 11.2. The van der Waals surface area contributed by atoms with Crippen LogP contribution < -0.4 is 5.73 Å². The molecule has 0 radical (unpaired) electrons. The number of benzene rings is 1. The Morgan fingerprint density at radius 2 is 2.00 bits per heavy atom. The Bertz CT molecular complexity index is 474. The quantitative estimate of drug-likeness (QED) is 0.827. The fourth-order valence-electron chi connectivity index (χ4n) is 1.60. The van der Waals surface area contributed by atoms with Gasteiger partial charge in [0.05, 0.1) is 11.4 Å². The van der Waals surface area contributed by atoms with Crippen LogP contribution in [-0.4, -0.2) is 16.0 Å². The van der Waals surface area contributed by atoms with E-state index >= 15 is 0 Å². The maximum absolute atomic E-state index is 5.62. The van der Waals surface area contributed by atoms with Crippen LogP contribution >= 0.6 is 11.8 Å². The lowest BCUT2D eigenvalue weighted by atomic mass is 10.1. The van der Waals surface area contributed by atoms with E-state index in [2.05, 4.69) is 35.6 Å². The highest BCUT2D eigenvalue weighted by Gasteiger charge is 2.05. The number of aromatic nitrogens is 2. The van der Waals surface area contributed by atoms with E-state index in [1.54, 1.807) is 11.8 Å². The fraction of sp³-hybridized carbons (Fsp3) is 0.250. The fourth-order valence-corrected chi connectivity index (χ4v) is 2.01. The zero-order valence-electron chi connectivity index (χ0n) is 9.47. The van der Waals surface area contributed by atoms with Crippen LogP contribution in [0.5, 0.6) is 0 Å². The number of rotatable bonds is 3. The van der Waals surface area contributed by atoms with E-state index in [1.165, 1.54) is 4.90 Å². The van der Waals surface area contributed by atoms with Gasteiger partial charge in [-0.25, -0.2) is 0 Å². The van der Waals surface area contributed by atoms with E-state index in [9.17, 15) is 0 Å². The molecule has 0 aliphatic heterocycles. The summed E-state index contributed by atoms with van der Waals surface area (Å²) in [6.07, 6.45) is 2.07. The van der Waals surface area contributed by atoms with Gasteiger partial charge in [0, 0.05) is 24.1 Å². The van der Waals surface area contributed by atoms with Gasteiger partial charge in [-0.1, -0.05) is 12.1 Å². The molecule has 0 aliphatic carbocycles. The molecule has 1 heterocycles. The smallest absolute Gasteiger partial charge is 0.0926 e. The van der Waals surface area contributed by atoms with E-state index in [4.69, 9.17) is 5.73 Å². The third-order valence-corrected chi connectivity index (χ3v) is 3.32. The van der Waals surface area contributed by atoms with Crippen molar-refractivity contribution in [2.75, 3.05) is 6.26 Å². The molecule has 1 aromatic carbocycles. The summed E-state index contributed by atoms with van der Waals surface area (Å²) < 4.78 is 1.83. The minimum Gasteiger partial charge on any atom is -0.325 e. The molecule has 0 amide bonds. The maximum Gasteiger partial charge on any atom is 0.0926 e. The molecule has 0 spiro atoms. The number of thioether (sulfide) groups is 1. The second kappa shape index (κ2) is 4.72. The molecule has 2 rings (SSSR count). The first-order valence-electron chi connectivity index (χ1n) is 5.12. The molecule has 1 aromatic heterocycles. The predicted octanol–water partition coefficient (Wildman–Crippen LogP) is 2.27. The molecule has 3 nitrogen and oxygen atoms in total. The van der Waals surface area contributed by atoms with E-state index in [-0.39, 0.29) is 0 Å². The van der Waals surface area contributed by atoms with Crippen LogP contribution in [0.3, 0.4) is 0 Å². The van der Waals surface area contributed by atoms with Gasteiger partial charge in [-0.3, -0.25) is 4.68 Å². The maximum atomic E-state index is 5.62. The molecule has 0 saturated heterocycles. The molecule has 2 aromatic rings. The topological polar surface area (TPSA) is 43.8 Å². The zero-order chi connectivity index (χ0) is 11.5. The lowest BCUT2D eigenvalue weighted by Crippen LogP contribution is -2.03. The van der Waals surface area contributed by atoms with Gasteiger partial charge in [-0.2, -0.15) is 5.10 Å². The van der Waals surface area contributed by atoms with Crippen LogP contribution in [-0.2, 0) is 13.6 Å². The first-order chi connectivity index (χ1) is 7.74. The van der Waals surface area contributed by atoms with Gasteiger partial charge >= 0.3 is 0 Å². The van der Waals surface area contributed by atoms with Gasteiger partial charge in [-0.15, -0.1) is 11.8 Å². The van der Waals surface area contributed by atoms with Crippen molar-refractivity contribution in [1.82, 2.24) is 9.78 Å². The van der Waals surface area contributed by atoms with Crippen LogP contribution in [0, 0.1) is 0 Å².